The highest BCUT2D eigenvalue weighted by Crippen LogP contribution is 2.23. The topological polar surface area (TPSA) is 33.0 Å². The SMILES string of the molecule is Cc1ccc(OCc2ccc(C#N)cc2)c(CBr)c1. The Kier molecular flexibility index (Phi) is 4.59. The van der Waals surface area contributed by atoms with E-state index in [0.717, 1.165) is 22.2 Å². The van der Waals surface area contributed by atoms with Crippen LogP contribution in [0.3, 0.4) is 0 Å². The van der Waals surface area contributed by atoms with Gasteiger partial charge in [-0.2, -0.15) is 5.26 Å². The van der Waals surface area contributed by atoms with Crippen LogP contribution in [0.15, 0.2) is 42.5 Å². The number of hydrogen-bond acceptors (Lipinski definition) is 2. The van der Waals surface area contributed by atoms with Gasteiger partial charge in [0.1, 0.15) is 12.4 Å². The summed E-state index contributed by atoms with van der Waals surface area (Å²) in [6.07, 6.45) is 0. The van der Waals surface area contributed by atoms with E-state index in [-0.39, 0.29) is 0 Å². The minimum absolute atomic E-state index is 0.509. The van der Waals surface area contributed by atoms with Crippen LogP contribution in [0.1, 0.15) is 22.3 Å². The lowest BCUT2D eigenvalue weighted by Gasteiger charge is -2.11. The van der Waals surface area contributed by atoms with Crippen molar-refractivity contribution in [3.63, 3.8) is 0 Å². The average Bonchev–Trinajstić information content (AvgIpc) is 2.46. The standard InChI is InChI=1S/C16H14BrNO/c1-12-2-7-16(15(8-12)9-17)19-11-14-5-3-13(10-18)4-6-14/h2-8H,9,11H2,1H3. The van der Waals surface area contributed by atoms with Crippen LogP contribution in [0, 0.1) is 18.3 Å². The van der Waals surface area contributed by atoms with E-state index in [4.69, 9.17) is 10.00 Å². The number of halogens is 1. The highest BCUT2D eigenvalue weighted by molar-refractivity contribution is 9.08. The summed E-state index contributed by atoms with van der Waals surface area (Å²) in [6, 6.07) is 15.7. The molecule has 0 heterocycles. The first kappa shape index (κ1) is 13.6. The third kappa shape index (κ3) is 3.59. The Hall–Kier alpha value is -1.79. The van der Waals surface area contributed by atoms with E-state index in [1.165, 1.54) is 5.56 Å². The Balaban J connectivity index is 2.07. The molecule has 19 heavy (non-hydrogen) atoms. The number of rotatable bonds is 4. The van der Waals surface area contributed by atoms with E-state index in [2.05, 4.69) is 35.0 Å². The number of benzene rings is 2. The summed E-state index contributed by atoms with van der Waals surface area (Å²) in [5, 5.41) is 9.52. The van der Waals surface area contributed by atoms with E-state index in [1.54, 1.807) is 12.1 Å². The van der Waals surface area contributed by atoms with Gasteiger partial charge < -0.3 is 4.74 Å². The van der Waals surface area contributed by atoms with Crippen molar-refractivity contribution >= 4 is 15.9 Å². The molecule has 0 aliphatic carbocycles. The van der Waals surface area contributed by atoms with Gasteiger partial charge >= 0.3 is 0 Å². The molecule has 0 radical (unpaired) electrons. The van der Waals surface area contributed by atoms with Crippen LogP contribution in [0.25, 0.3) is 0 Å². The zero-order valence-electron chi connectivity index (χ0n) is 10.7. The van der Waals surface area contributed by atoms with Crippen LogP contribution in [-0.2, 0) is 11.9 Å². The molecule has 96 valence electrons. The summed E-state index contributed by atoms with van der Waals surface area (Å²) >= 11 is 3.47. The molecule has 0 fully saturated rings. The molecule has 3 heteroatoms. The van der Waals surface area contributed by atoms with Gasteiger partial charge in [-0.25, -0.2) is 0 Å². The minimum Gasteiger partial charge on any atom is -0.489 e. The monoisotopic (exact) mass is 315 g/mol. The number of hydrogen-bond donors (Lipinski definition) is 0. The molecule has 0 aliphatic rings. The Morgan fingerprint density at radius 3 is 2.53 bits per heavy atom. The van der Waals surface area contributed by atoms with Crippen molar-refractivity contribution < 1.29 is 4.74 Å². The molecule has 2 nitrogen and oxygen atoms in total. The van der Waals surface area contributed by atoms with Gasteiger partial charge in [0, 0.05) is 10.9 Å². The lowest BCUT2D eigenvalue weighted by Crippen LogP contribution is -1.98. The van der Waals surface area contributed by atoms with Crippen molar-refractivity contribution in [3.8, 4) is 11.8 Å². The number of alkyl halides is 1. The molecule has 2 aromatic rings. The number of ether oxygens (including phenoxy) is 1. The van der Waals surface area contributed by atoms with Crippen molar-refractivity contribution in [1.82, 2.24) is 0 Å². The predicted molar refractivity (Wildman–Crippen MR) is 79.3 cm³/mol. The van der Waals surface area contributed by atoms with Crippen molar-refractivity contribution in [2.75, 3.05) is 0 Å². The fourth-order valence-electron chi connectivity index (χ4n) is 1.79. The molecular formula is C16H14BrNO. The fraction of sp³-hybridized carbons (Fsp3) is 0.188. The van der Waals surface area contributed by atoms with Crippen LogP contribution in [0.2, 0.25) is 0 Å². The maximum atomic E-state index is 8.74. The molecule has 0 bridgehead atoms. The zero-order chi connectivity index (χ0) is 13.7. The van der Waals surface area contributed by atoms with Crippen molar-refractivity contribution in [2.45, 2.75) is 18.9 Å². The maximum Gasteiger partial charge on any atom is 0.123 e. The molecule has 0 N–H and O–H groups in total. The molecule has 0 unspecified atom stereocenters. The van der Waals surface area contributed by atoms with E-state index in [0.29, 0.717) is 12.2 Å². The van der Waals surface area contributed by atoms with E-state index < -0.39 is 0 Å². The van der Waals surface area contributed by atoms with Crippen LogP contribution in [0.5, 0.6) is 5.75 Å². The van der Waals surface area contributed by atoms with Gasteiger partial charge in [0.15, 0.2) is 0 Å². The molecule has 0 atom stereocenters. The Bertz CT molecular complexity index is 599. The van der Waals surface area contributed by atoms with Gasteiger partial charge in [-0.05, 0) is 30.7 Å². The number of nitrogens with zero attached hydrogens (tertiary/aromatic N) is 1. The Labute approximate surface area is 121 Å². The average molecular weight is 316 g/mol. The van der Waals surface area contributed by atoms with Crippen molar-refractivity contribution in [2.24, 2.45) is 0 Å². The second kappa shape index (κ2) is 6.40. The van der Waals surface area contributed by atoms with Gasteiger partial charge in [0.05, 0.1) is 11.6 Å². The maximum absolute atomic E-state index is 8.74. The zero-order valence-corrected chi connectivity index (χ0v) is 12.3. The van der Waals surface area contributed by atoms with Gasteiger partial charge in [0.2, 0.25) is 0 Å². The largest absolute Gasteiger partial charge is 0.489 e. The summed E-state index contributed by atoms with van der Waals surface area (Å²) < 4.78 is 5.83. The summed E-state index contributed by atoms with van der Waals surface area (Å²) in [7, 11) is 0. The van der Waals surface area contributed by atoms with Gasteiger partial charge in [-0.3, -0.25) is 0 Å². The molecule has 0 saturated carbocycles. The molecule has 0 spiro atoms. The highest BCUT2D eigenvalue weighted by atomic mass is 79.9. The minimum atomic E-state index is 0.509. The first-order valence-corrected chi connectivity index (χ1v) is 7.12. The van der Waals surface area contributed by atoms with Crippen LogP contribution in [-0.4, -0.2) is 0 Å². The molecular weight excluding hydrogens is 302 g/mol. The Morgan fingerprint density at radius 1 is 1.16 bits per heavy atom. The first-order chi connectivity index (χ1) is 9.22. The lowest BCUT2D eigenvalue weighted by atomic mass is 10.1. The normalized spacial score (nSPS) is 9.95. The van der Waals surface area contributed by atoms with E-state index >= 15 is 0 Å². The molecule has 0 amide bonds. The Morgan fingerprint density at radius 2 is 1.89 bits per heavy atom. The molecule has 2 rings (SSSR count). The third-order valence-corrected chi connectivity index (χ3v) is 3.44. The predicted octanol–water partition coefficient (Wildman–Crippen LogP) is 4.34. The summed E-state index contributed by atoms with van der Waals surface area (Å²) in [4.78, 5) is 0. The quantitative estimate of drug-likeness (QED) is 0.786. The van der Waals surface area contributed by atoms with Crippen LogP contribution >= 0.6 is 15.9 Å². The first-order valence-electron chi connectivity index (χ1n) is 6.00. The van der Waals surface area contributed by atoms with E-state index in [9.17, 15) is 0 Å². The van der Waals surface area contributed by atoms with Crippen LogP contribution < -0.4 is 4.74 Å². The van der Waals surface area contributed by atoms with Gasteiger partial charge in [0.25, 0.3) is 0 Å². The third-order valence-electron chi connectivity index (χ3n) is 2.84. The summed E-state index contributed by atoms with van der Waals surface area (Å²) in [5.74, 6) is 0.895. The molecule has 0 aromatic heterocycles. The molecule has 0 aliphatic heterocycles. The number of aryl methyl sites for hydroxylation is 1. The van der Waals surface area contributed by atoms with Crippen molar-refractivity contribution in [1.29, 1.82) is 5.26 Å². The molecule has 2 aromatic carbocycles. The van der Waals surface area contributed by atoms with Crippen molar-refractivity contribution in [3.05, 3.63) is 64.7 Å². The van der Waals surface area contributed by atoms with Crippen LogP contribution in [0.4, 0.5) is 0 Å². The molecule has 0 saturated heterocycles. The summed E-state index contributed by atoms with van der Waals surface area (Å²) in [6.45, 7) is 2.57. The van der Waals surface area contributed by atoms with Gasteiger partial charge in [-0.15, -0.1) is 0 Å². The smallest absolute Gasteiger partial charge is 0.123 e. The second-order valence-electron chi connectivity index (χ2n) is 4.34. The van der Waals surface area contributed by atoms with Gasteiger partial charge in [-0.1, -0.05) is 45.8 Å². The van der Waals surface area contributed by atoms with E-state index in [1.807, 2.05) is 24.3 Å². The lowest BCUT2D eigenvalue weighted by molar-refractivity contribution is 0.304. The fourth-order valence-corrected chi connectivity index (χ4v) is 2.23. The number of nitriles is 1. The highest BCUT2D eigenvalue weighted by Gasteiger charge is 2.03. The second-order valence-corrected chi connectivity index (χ2v) is 4.90. The summed E-state index contributed by atoms with van der Waals surface area (Å²) in [5.41, 5.74) is 4.09.